The molecule has 0 aromatic carbocycles. The number of rotatable bonds is 2. The van der Waals surface area contributed by atoms with Gasteiger partial charge < -0.3 is 5.32 Å². The molecule has 1 amide bonds. The van der Waals surface area contributed by atoms with E-state index in [-0.39, 0.29) is 5.91 Å². The number of amides is 1. The summed E-state index contributed by atoms with van der Waals surface area (Å²) in [6, 6.07) is 1.56. The predicted molar refractivity (Wildman–Crippen MR) is 65.3 cm³/mol. The first-order valence-corrected chi connectivity index (χ1v) is 5.40. The first-order chi connectivity index (χ1) is 8.09. The van der Waals surface area contributed by atoms with Crippen LogP contribution >= 0.6 is 11.6 Å². The SMILES string of the molecule is Cc1[nH]nc(NC(=O)c2ccncc2Cl)c1C. The Morgan fingerprint density at radius 1 is 1.47 bits per heavy atom. The number of nitrogens with zero attached hydrogens (tertiary/aromatic N) is 2. The number of H-pyrrole nitrogens is 1. The second kappa shape index (κ2) is 4.55. The van der Waals surface area contributed by atoms with E-state index >= 15 is 0 Å². The molecule has 2 rings (SSSR count). The number of aryl methyl sites for hydroxylation is 1. The van der Waals surface area contributed by atoms with Gasteiger partial charge >= 0.3 is 0 Å². The molecule has 0 saturated heterocycles. The van der Waals surface area contributed by atoms with Crippen molar-refractivity contribution in [1.82, 2.24) is 15.2 Å². The van der Waals surface area contributed by atoms with Crippen LogP contribution in [-0.2, 0) is 0 Å². The summed E-state index contributed by atoms with van der Waals surface area (Å²) in [5, 5.41) is 9.80. The third kappa shape index (κ3) is 2.29. The summed E-state index contributed by atoms with van der Waals surface area (Å²) in [4.78, 5) is 15.7. The second-order valence-electron chi connectivity index (χ2n) is 3.63. The fraction of sp³-hybridized carbons (Fsp3) is 0.182. The van der Waals surface area contributed by atoms with Crippen LogP contribution in [0.5, 0.6) is 0 Å². The summed E-state index contributed by atoms with van der Waals surface area (Å²) in [6.45, 7) is 3.76. The van der Waals surface area contributed by atoms with E-state index in [9.17, 15) is 4.79 Å². The second-order valence-corrected chi connectivity index (χ2v) is 4.04. The van der Waals surface area contributed by atoms with Crippen LogP contribution in [0.4, 0.5) is 5.82 Å². The van der Waals surface area contributed by atoms with E-state index in [0.29, 0.717) is 16.4 Å². The van der Waals surface area contributed by atoms with Crippen LogP contribution in [0, 0.1) is 13.8 Å². The number of hydrogen-bond acceptors (Lipinski definition) is 3. The monoisotopic (exact) mass is 250 g/mol. The van der Waals surface area contributed by atoms with Gasteiger partial charge in [0, 0.05) is 23.7 Å². The molecule has 2 N–H and O–H groups in total. The Hall–Kier alpha value is -1.88. The molecule has 0 radical (unpaired) electrons. The lowest BCUT2D eigenvalue weighted by Gasteiger charge is -2.04. The van der Waals surface area contributed by atoms with Crippen LogP contribution in [0.3, 0.4) is 0 Å². The average Bonchev–Trinajstić information content (AvgIpc) is 2.61. The molecular weight excluding hydrogens is 240 g/mol. The van der Waals surface area contributed by atoms with Gasteiger partial charge in [-0.3, -0.25) is 14.9 Å². The molecule has 2 aromatic rings. The van der Waals surface area contributed by atoms with Crippen molar-refractivity contribution in [3.63, 3.8) is 0 Å². The minimum absolute atomic E-state index is 0.299. The number of aromatic amines is 1. The smallest absolute Gasteiger partial charge is 0.258 e. The first kappa shape index (κ1) is 11.6. The largest absolute Gasteiger partial charge is 0.305 e. The topological polar surface area (TPSA) is 70.7 Å². The maximum absolute atomic E-state index is 11.9. The van der Waals surface area contributed by atoms with Crippen LogP contribution in [0.1, 0.15) is 21.6 Å². The quantitative estimate of drug-likeness (QED) is 0.859. The van der Waals surface area contributed by atoms with Gasteiger partial charge in [0.1, 0.15) is 0 Å². The van der Waals surface area contributed by atoms with Crippen molar-refractivity contribution in [2.75, 3.05) is 5.32 Å². The molecule has 2 heterocycles. The third-order valence-electron chi connectivity index (χ3n) is 2.50. The number of carbonyl (C=O) groups excluding carboxylic acids is 1. The lowest BCUT2D eigenvalue weighted by atomic mass is 10.2. The number of nitrogens with one attached hydrogen (secondary N) is 2. The maximum atomic E-state index is 11.9. The highest BCUT2D eigenvalue weighted by atomic mass is 35.5. The Balaban J connectivity index is 2.23. The van der Waals surface area contributed by atoms with Crippen molar-refractivity contribution >= 4 is 23.3 Å². The molecule has 0 aliphatic carbocycles. The van der Waals surface area contributed by atoms with Crippen LogP contribution < -0.4 is 5.32 Å². The molecule has 0 fully saturated rings. The molecular formula is C11H11ClN4O. The fourth-order valence-electron chi connectivity index (χ4n) is 1.34. The molecule has 88 valence electrons. The Kier molecular flexibility index (Phi) is 3.10. The maximum Gasteiger partial charge on any atom is 0.258 e. The van der Waals surface area contributed by atoms with Gasteiger partial charge in [0.2, 0.25) is 0 Å². The average molecular weight is 251 g/mol. The van der Waals surface area contributed by atoms with Gasteiger partial charge in [-0.05, 0) is 19.9 Å². The van der Waals surface area contributed by atoms with Crippen molar-refractivity contribution in [2.24, 2.45) is 0 Å². The van der Waals surface area contributed by atoms with Crippen LogP contribution in [0.2, 0.25) is 5.02 Å². The molecule has 0 aliphatic heterocycles. The normalized spacial score (nSPS) is 10.3. The van der Waals surface area contributed by atoms with Crippen molar-refractivity contribution in [2.45, 2.75) is 13.8 Å². The van der Waals surface area contributed by atoms with Gasteiger partial charge in [-0.2, -0.15) is 5.10 Å². The lowest BCUT2D eigenvalue weighted by Crippen LogP contribution is -2.13. The van der Waals surface area contributed by atoms with Gasteiger partial charge in [0.25, 0.3) is 5.91 Å². The highest BCUT2D eigenvalue weighted by molar-refractivity contribution is 6.34. The highest BCUT2D eigenvalue weighted by Crippen LogP contribution is 2.18. The fourth-order valence-corrected chi connectivity index (χ4v) is 1.55. The Morgan fingerprint density at radius 2 is 2.24 bits per heavy atom. The molecule has 0 unspecified atom stereocenters. The van der Waals surface area contributed by atoms with E-state index in [4.69, 9.17) is 11.6 Å². The molecule has 0 spiro atoms. The minimum Gasteiger partial charge on any atom is -0.305 e. The minimum atomic E-state index is -0.299. The Bertz CT molecular complexity index is 564. The molecule has 0 atom stereocenters. The van der Waals surface area contributed by atoms with Crippen LogP contribution in [-0.4, -0.2) is 21.1 Å². The van der Waals surface area contributed by atoms with E-state index in [1.54, 1.807) is 6.07 Å². The standard InChI is InChI=1S/C11H11ClN4O/c1-6-7(2)15-16-10(6)14-11(17)8-3-4-13-5-9(8)12/h3-5H,1-2H3,(H2,14,15,16,17). The number of pyridine rings is 1. The van der Waals surface area contributed by atoms with Gasteiger partial charge in [0.05, 0.1) is 10.6 Å². The molecule has 0 aliphatic rings. The van der Waals surface area contributed by atoms with Gasteiger partial charge in [-0.1, -0.05) is 11.6 Å². The predicted octanol–water partition coefficient (Wildman–Crippen LogP) is 2.33. The summed E-state index contributed by atoms with van der Waals surface area (Å²) in [5.74, 6) is 0.215. The van der Waals surface area contributed by atoms with Crippen molar-refractivity contribution in [3.8, 4) is 0 Å². The number of aromatic nitrogens is 3. The first-order valence-electron chi connectivity index (χ1n) is 5.02. The zero-order valence-corrected chi connectivity index (χ0v) is 10.2. The van der Waals surface area contributed by atoms with E-state index in [1.165, 1.54) is 12.4 Å². The van der Waals surface area contributed by atoms with Crippen molar-refractivity contribution in [3.05, 3.63) is 40.3 Å². The summed E-state index contributed by atoms with van der Waals surface area (Å²) < 4.78 is 0. The van der Waals surface area contributed by atoms with Gasteiger partial charge in [0.15, 0.2) is 5.82 Å². The molecule has 6 heteroatoms. The van der Waals surface area contributed by atoms with Crippen LogP contribution in [0.25, 0.3) is 0 Å². The van der Waals surface area contributed by atoms with Crippen LogP contribution in [0.15, 0.2) is 18.5 Å². The summed E-state index contributed by atoms with van der Waals surface area (Å²) in [6.07, 6.45) is 2.95. The molecule has 2 aromatic heterocycles. The number of halogens is 1. The number of hydrogen-bond donors (Lipinski definition) is 2. The summed E-state index contributed by atoms with van der Waals surface area (Å²) in [7, 11) is 0. The van der Waals surface area contributed by atoms with Gasteiger partial charge in [-0.15, -0.1) is 0 Å². The van der Waals surface area contributed by atoms with E-state index < -0.39 is 0 Å². The Morgan fingerprint density at radius 3 is 2.82 bits per heavy atom. The lowest BCUT2D eigenvalue weighted by molar-refractivity contribution is 0.102. The molecule has 17 heavy (non-hydrogen) atoms. The van der Waals surface area contributed by atoms with E-state index in [2.05, 4.69) is 20.5 Å². The zero-order valence-electron chi connectivity index (χ0n) is 9.41. The zero-order chi connectivity index (χ0) is 12.4. The number of anilines is 1. The highest BCUT2D eigenvalue weighted by Gasteiger charge is 2.13. The third-order valence-corrected chi connectivity index (χ3v) is 2.80. The molecule has 5 nitrogen and oxygen atoms in total. The summed E-state index contributed by atoms with van der Waals surface area (Å²) in [5.41, 5.74) is 2.20. The number of carbonyl (C=O) groups is 1. The van der Waals surface area contributed by atoms with E-state index in [1.807, 2.05) is 13.8 Å². The summed E-state index contributed by atoms with van der Waals surface area (Å²) >= 11 is 5.88. The Labute approximate surface area is 103 Å². The van der Waals surface area contributed by atoms with Crippen molar-refractivity contribution < 1.29 is 4.79 Å². The van der Waals surface area contributed by atoms with E-state index in [0.717, 1.165) is 11.3 Å². The van der Waals surface area contributed by atoms with Crippen molar-refractivity contribution in [1.29, 1.82) is 0 Å². The molecule has 0 saturated carbocycles. The molecule has 0 bridgehead atoms. The van der Waals surface area contributed by atoms with Gasteiger partial charge in [-0.25, -0.2) is 0 Å².